The molecule has 0 spiro atoms. The van der Waals surface area contributed by atoms with Gasteiger partial charge in [0.05, 0.1) is 12.2 Å². The molecule has 1 aliphatic heterocycles. The molecule has 7 nitrogen and oxygen atoms in total. The van der Waals surface area contributed by atoms with E-state index in [0.29, 0.717) is 10.7 Å². The highest BCUT2D eigenvalue weighted by molar-refractivity contribution is 7.15. The van der Waals surface area contributed by atoms with Gasteiger partial charge in [0.2, 0.25) is 0 Å². The zero-order valence-electron chi connectivity index (χ0n) is 11.9. The van der Waals surface area contributed by atoms with Gasteiger partial charge in [0.25, 0.3) is 11.5 Å². The molecular weight excluding hydrogens is 304 g/mol. The second kappa shape index (κ2) is 4.39. The summed E-state index contributed by atoms with van der Waals surface area (Å²) >= 11 is 1.34. The number of rotatable bonds is 3. The number of carbonyl (C=O) groups excluding carboxylic acids is 2. The lowest BCUT2D eigenvalue weighted by Crippen LogP contribution is -2.46. The highest BCUT2D eigenvalue weighted by Crippen LogP contribution is 2.42. The van der Waals surface area contributed by atoms with E-state index in [4.69, 9.17) is 0 Å². The number of aromatic nitrogens is 2. The van der Waals surface area contributed by atoms with Crippen molar-refractivity contribution in [3.8, 4) is 0 Å². The molecule has 0 aromatic carbocycles. The van der Waals surface area contributed by atoms with Crippen molar-refractivity contribution in [2.45, 2.75) is 31.8 Å². The maximum absolute atomic E-state index is 12.6. The Morgan fingerprint density at radius 2 is 2.18 bits per heavy atom. The summed E-state index contributed by atoms with van der Waals surface area (Å²) in [5.41, 5.74) is -0.589. The molecule has 1 saturated heterocycles. The van der Waals surface area contributed by atoms with Crippen LogP contribution in [0, 0.1) is 5.92 Å². The normalized spacial score (nSPS) is 25.0. The van der Waals surface area contributed by atoms with Gasteiger partial charge in [-0.3, -0.25) is 18.9 Å². The molecule has 2 aliphatic rings. The van der Waals surface area contributed by atoms with Crippen LogP contribution in [0.1, 0.15) is 25.5 Å². The molecule has 3 amide bonds. The third-order valence-electron chi connectivity index (χ3n) is 4.37. The van der Waals surface area contributed by atoms with E-state index in [0.717, 1.165) is 17.7 Å². The first-order chi connectivity index (χ1) is 10.5. The maximum atomic E-state index is 12.6. The van der Waals surface area contributed by atoms with Gasteiger partial charge >= 0.3 is 6.03 Å². The average molecular weight is 318 g/mol. The molecule has 1 unspecified atom stereocenters. The summed E-state index contributed by atoms with van der Waals surface area (Å²) < 4.78 is 1.44. The van der Waals surface area contributed by atoms with Crippen LogP contribution in [0.2, 0.25) is 0 Å². The van der Waals surface area contributed by atoms with Crippen LogP contribution in [-0.2, 0) is 11.3 Å². The van der Waals surface area contributed by atoms with Crippen LogP contribution in [0.25, 0.3) is 4.96 Å². The Morgan fingerprint density at radius 1 is 1.41 bits per heavy atom. The van der Waals surface area contributed by atoms with E-state index < -0.39 is 11.6 Å². The minimum atomic E-state index is -0.806. The number of amides is 3. The lowest BCUT2D eigenvalue weighted by molar-refractivity contribution is -0.131. The van der Waals surface area contributed by atoms with Crippen molar-refractivity contribution in [1.82, 2.24) is 19.6 Å². The highest BCUT2D eigenvalue weighted by Gasteiger charge is 2.55. The third kappa shape index (κ3) is 1.87. The number of nitrogens with zero attached hydrogens (tertiary/aromatic N) is 3. The van der Waals surface area contributed by atoms with Crippen molar-refractivity contribution in [2.24, 2.45) is 5.92 Å². The Hall–Kier alpha value is -2.22. The molecule has 3 heterocycles. The Bertz CT molecular complexity index is 853. The minimum absolute atomic E-state index is 0.0244. The number of carbonyl (C=O) groups is 2. The molecule has 2 aromatic rings. The smallest absolute Gasteiger partial charge is 0.323 e. The second-order valence-corrected chi connectivity index (χ2v) is 6.81. The number of nitrogens with one attached hydrogen (secondary N) is 1. The number of hydrogen-bond acceptors (Lipinski definition) is 5. The Labute approximate surface area is 129 Å². The van der Waals surface area contributed by atoms with E-state index >= 15 is 0 Å². The molecule has 8 heteroatoms. The van der Waals surface area contributed by atoms with Crippen LogP contribution >= 0.6 is 11.3 Å². The van der Waals surface area contributed by atoms with Crippen molar-refractivity contribution in [1.29, 1.82) is 0 Å². The molecule has 1 saturated carbocycles. The predicted octanol–water partition coefficient (Wildman–Crippen LogP) is 0.976. The van der Waals surface area contributed by atoms with Gasteiger partial charge in [0, 0.05) is 17.6 Å². The first-order valence-electron chi connectivity index (χ1n) is 7.09. The van der Waals surface area contributed by atoms with E-state index in [-0.39, 0.29) is 23.9 Å². The SMILES string of the molecule is CC1(C2CC2)NC(=O)N(Cc2cc(=O)n3ccsc3n2)C1=O. The van der Waals surface area contributed by atoms with Crippen molar-refractivity contribution in [3.63, 3.8) is 0 Å². The lowest BCUT2D eigenvalue weighted by atomic mass is 9.96. The number of hydrogen-bond donors (Lipinski definition) is 1. The van der Waals surface area contributed by atoms with Crippen LogP contribution in [0.15, 0.2) is 22.4 Å². The van der Waals surface area contributed by atoms with E-state index in [1.54, 1.807) is 18.5 Å². The monoisotopic (exact) mass is 318 g/mol. The van der Waals surface area contributed by atoms with Gasteiger partial charge in [-0.25, -0.2) is 9.78 Å². The fourth-order valence-corrected chi connectivity index (χ4v) is 3.67. The second-order valence-electron chi connectivity index (χ2n) is 5.94. The van der Waals surface area contributed by atoms with Crippen LogP contribution < -0.4 is 10.9 Å². The highest BCUT2D eigenvalue weighted by atomic mass is 32.1. The first kappa shape index (κ1) is 13.4. The molecular formula is C14H14N4O3S. The van der Waals surface area contributed by atoms with Gasteiger partial charge in [-0.15, -0.1) is 11.3 Å². The maximum Gasteiger partial charge on any atom is 0.325 e. The molecule has 2 fully saturated rings. The van der Waals surface area contributed by atoms with E-state index in [9.17, 15) is 14.4 Å². The Kier molecular flexibility index (Phi) is 2.68. The molecule has 2 aromatic heterocycles. The van der Waals surface area contributed by atoms with Crippen LogP contribution in [0.4, 0.5) is 4.79 Å². The molecule has 1 N–H and O–H groups in total. The fraction of sp³-hybridized carbons (Fsp3) is 0.429. The molecule has 0 radical (unpaired) electrons. The van der Waals surface area contributed by atoms with E-state index in [2.05, 4.69) is 10.3 Å². The topological polar surface area (TPSA) is 83.8 Å². The summed E-state index contributed by atoms with van der Waals surface area (Å²) in [6.45, 7) is 1.80. The minimum Gasteiger partial charge on any atom is -0.323 e. The predicted molar refractivity (Wildman–Crippen MR) is 79.5 cm³/mol. The number of urea groups is 1. The molecule has 0 bridgehead atoms. The fourth-order valence-electron chi connectivity index (χ4n) is 2.93. The van der Waals surface area contributed by atoms with Crippen molar-refractivity contribution in [3.05, 3.63) is 33.7 Å². The van der Waals surface area contributed by atoms with Crippen molar-refractivity contribution >= 4 is 28.2 Å². The number of thiazole rings is 1. The lowest BCUT2D eigenvalue weighted by Gasteiger charge is -2.20. The molecule has 4 rings (SSSR count). The van der Waals surface area contributed by atoms with Crippen molar-refractivity contribution < 1.29 is 9.59 Å². The standard InChI is InChI=1S/C14H14N4O3S/c1-14(8-2-3-8)11(20)18(12(21)16-14)7-9-6-10(19)17-4-5-22-13(17)15-9/h4-6,8H,2-3,7H2,1H3,(H,16,21). The molecule has 22 heavy (non-hydrogen) atoms. The van der Waals surface area contributed by atoms with Gasteiger partial charge in [-0.2, -0.15) is 0 Å². The molecule has 1 aliphatic carbocycles. The summed E-state index contributed by atoms with van der Waals surface area (Å²) in [5, 5.41) is 4.56. The zero-order valence-corrected chi connectivity index (χ0v) is 12.7. The van der Waals surface area contributed by atoms with Gasteiger partial charge in [-0.05, 0) is 25.7 Å². The summed E-state index contributed by atoms with van der Waals surface area (Å²) in [5.74, 6) is -0.0134. The summed E-state index contributed by atoms with van der Waals surface area (Å²) in [6, 6.07) is 0.958. The van der Waals surface area contributed by atoms with Gasteiger partial charge in [0.1, 0.15) is 5.54 Å². The summed E-state index contributed by atoms with van der Waals surface area (Å²) in [6.07, 6.45) is 3.56. The quantitative estimate of drug-likeness (QED) is 0.855. The largest absolute Gasteiger partial charge is 0.325 e. The third-order valence-corrected chi connectivity index (χ3v) is 5.13. The zero-order chi connectivity index (χ0) is 15.5. The molecule has 1 atom stereocenters. The van der Waals surface area contributed by atoms with Gasteiger partial charge in [-0.1, -0.05) is 0 Å². The van der Waals surface area contributed by atoms with Crippen LogP contribution in [0.5, 0.6) is 0 Å². The number of fused-ring (bicyclic) bond motifs is 1. The van der Waals surface area contributed by atoms with Crippen LogP contribution in [-0.4, -0.2) is 31.8 Å². The number of imide groups is 1. The Morgan fingerprint density at radius 3 is 2.91 bits per heavy atom. The van der Waals surface area contributed by atoms with Gasteiger partial charge < -0.3 is 5.32 Å². The first-order valence-corrected chi connectivity index (χ1v) is 7.97. The summed E-state index contributed by atoms with van der Waals surface area (Å²) in [4.78, 5) is 42.7. The van der Waals surface area contributed by atoms with E-state index in [1.807, 2.05) is 0 Å². The molecule has 114 valence electrons. The van der Waals surface area contributed by atoms with Crippen molar-refractivity contribution in [2.75, 3.05) is 0 Å². The van der Waals surface area contributed by atoms with E-state index in [1.165, 1.54) is 21.8 Å². The van der Waals surface area contributed by atoms with Crippen LogP contribution in [0.3, 0.4) is 0 Å². The Balaban J connectivity index is 1.66. The summed E-state index contributed by atoms with van der Waals surface area (Å²) in [7, 11) is 0. The van der Waals surface area contributed by atoms with Gasteiger partial charge in [0.15, 0.2) is 4.96 Å². The average Bonchev–Trinajstić information content (AvgIpc) is 3.18.